The van der Waals surface area contributed by atoms with Crippen molar-refractivity contribution in [1.82, 2.24) is 19.8 Å². The Morgan fingerprint density at radius 3 is 2.52 bits per heavy atom. The van der Waals surface area contributed by atoms with Crippen molar-refractivity contribution in [3.05, 3.63) is 54.1 Å². The summed E-state index contributed by atoms with van der Waals surface area (Å²) in [4.78, 5) is 4.93. The fourth-order valence-corrected chi connectivity index (χ4v) is 5.52. The van der Waals surface area contributed by atoms with E-state index >= 15 is 0 Å². The zero-order valence-electron chi connectivity index (χ0n) is 17.5. The van der Waals surface area contributed by atoms with E-state index in [1.165, 1.54) is 23.8 Å². The molecule has 0 unspecified atom stereocenters. The molecule has 1 N–H and O–H groups in total. The van der Waals surface area contributed by atoms with E-state index < -0.39 is 9.84 Å². The quantitative estimate of drug-likeness (QED) is 0.499. The topological polar surface area (TPSA) is 89.2 Å². The Kier molecular flexibility index (Phi) is 5.09. The molecule has 2 aromatic carbocycles. The highest BCUT2D eigenvalue weighted by molar-refractivity contribution is 7.91. The van der Waals surface area contributed by atoms with E-state index in [0.717, 1.165) is 35.7 Å². The molecule has 2 heterocycles. The van der Waals surface area contributed by atoms with Gasteiger partial charge < -0.3 is 5.32 Å². The molecule has 0 saturated heterocycles. The third-order valence-corrected chi connectivity index (χ3v) is 7.73. The van der Waals surface area contributed by atoms with Gasteiger partial charge in [-0.3, -0.25) is 0 Å². The van der Waals surface area contributed by atoms with Crippen LogP contribution in [0.15, 0.2) is 58.5 Å². The van der Waals surface area contributed by atoms with E-state index in [4.69, 9.17) is 4.98 Å². The molecule has 1 fully saturated rings. The van der Waals surface area contributed by atoms with Crippen LogP contribution in [0.3, 0.4) is 0 Å². The van der Waals surface area contributed by atoms with Crippen molar-refractivity contribution >= 4 is 32.2 Å². The van der Waals surface area contributed by atoms with Gasteiger partial charge in [0.1, 0.15) is 5.82 Å². The molecule has 160 valence electrons. The summed E-state index contributed by atoms with van der Waals surface area (Å²) in [5.41, 5.74) is 2.10. The van der Waals surface area contributed by atoms with E-state index in [2.05, 4.69) is 15.6 Å². The summed E-state index contributed by atoms with van der Waals surface area (Å²) in [6, 6.07) is 15.0. The number of hydrogen-bond acceptors (Lipinski definition) is 6. The van der Waals surface area contributed by atoms with Crippen LogP contribution in [-0.4, -0.2) is 34.3 Å². The molecule has 1 aliphatic carbocycles. The number of nitrogens with one attached hydrogen (secondary N) is 1. The molecule has 0 bridgehead atoms. The molecule has 0 spiro atoms. The standard InChI is InChI=1S/C23H25N5O2S/c1-2-16-12-14-18(15-13-16)31(29,30)23-22-25-21(24-17-8-4-3-5-9-17)19-10-6-7-11-20(19)28(22)27-26-23/h6-7,10-15,17H,2-5,8-9H2,1H3,(H,24,25). The van der Waals surface area contributed by atoms with Crippen molar-refractivity contribution in [1.29, 1.82) is 0 Å². The van der Waals surface area contributed by atoms with Gasteiger partial charge in [0.15, 0.2) is 5.65 Å². The molecule has 1 saturated carbocycles. The number of hydrogen-bond donors (Lipinski definition) is 1. The SMILES string of the molecule is CCc1ccc(S(=O)(=O)c2nnn3c2nc(NC2CCCCC2)c2ccccc23)cc1. The molecule has 31 heavy (non-hydrogen) atoms. The van der Waals surface area contributed by atoms with Crippen LogP contribution >= 0.6 is 0 Å². The molecule has 1 aliphatic rings. The van der Waals surface area contributed by atoms with E-state index in [-0.39, 0.29) is 15.6 Å². The monoisotopic (exact) mass is 435 g/mol. The second kappa shape index (κ2) is 7.92. The molecular weight excluding hydrogens is 410 g/mol. The highest BCUT2D eigenvalue weighted by Crippen LogP contribution is 2.30. The third-order valence-electron chi connectivity index (χ3n) is 6.06. The molecule has 0 amide bonds. The Balaban J connectivity index is 1.66. The predicted molar refractivity (Wildman–Crippen MR) is 120 cm³/mol. The Morgan fingerprint density at radius 1 is 1.03 bits per heavy atom. The van der Waals surface area contributed by atoms with Crippen molar-refractivity contribution in [2.45, 2.75) is 61.4 Å². The minimum Gasteiger partial charge on any atom is -0.367 e. The number of benzene rings is 2. The normalized spacial score (nSPS) is 15.5. The molecule has 2 aromatic heterocycles. The van der Waals surface area contributed by atoms with Gasteiger partial charge in [-0.25, -0.2) is 13.4 Å². The smallest absolute Gasteiger partial charge is 0.229 e. The number of rotatable bonds is 5. The molecule has 0 aliphatic heterocycles. The van der Waals surface area contributed by atoms with E-state index in [1.54, 1.807) is 12.1 Å². The Bertz CT molecular complexity index is 1340. The van der Waals surface area contributed by atoms with Crippen LogP contribution in [-0.2, 0) is 16.3 Å². The van der Waals surface area contributed by atoms with Crippen molar-refractivity contribution in [2.75, 3.05) is 5.32 Å². The molecule has 7 nitrogen and oxygen atoms in total. The van der Waals surface area contributed by atoms with Crippen molar-refractivity contribution < 1.29 is 8.42 Å². The van der Waals surface area contributed by atoms with Gasteiger partial charge in [0.25, 0.3) is 0 Å². The van der Waals surface area contributed by atoms with Gasteiger partial charge >= 0.3 is 0 Å². The lowest BCUT2D eigenvalue weighted by molar-refractivity contribution is 0.462. The van der Waals surface area contributed by atoms with Gasteiger partial charge in [-0.2, -0.15) is 4.52 Å². The lowest BCUT2D eigenvalue weighted by Crippen LogP contribution is -2.23. The number of para-hydroxylation sites is 1. The Labute approximate surface area is 181 Å². The highest BCUT2D eigenvalue weighted by Gasteiger charge is 2.27. The summed E-state index contributed by atoms with van der Waals surface area (Å²) >= 11 is 0. The van der Waals surface area contributed by atoms with Gasteiger partial charge in [0, 0.05) is 11.4 Å². The fourth-order valence-electron chi connectivity index (χ4n) is 4.29. The summed E-state index contributed by atoms with van der Waals surface area (Å²) in [5, 5.41) is 12.6. The maximum absolute atomic E-state index is 13.4. The number of aromatic nitrogens is 4. The number of nitrogens with zero attached hydrogens (tertiary/aromatic N) is 4. The van der Waals surface area contributed by atoms with E-state index in [9.17, 15) is 8.42 Å². The van der Waals surface area contributed by atoms with Crippen molar-refractivity contribution in [3.8, 4) is 0 Å². The van der Waals surface area contributed by atoms with Crippen LogP contribution in [0, 0.1) is 0 Å². The molecule has 0 atom stereocenters. The second-order valence-electron chi connectivity index (χ2n) is 8.09. The zero-order chi connectivity index (χ0) is 21.4. The Morgan fingerprint density at radius 2 is 1.77 bits per heavy atom. The van der Waals surface area contributed by atoms with E-state index in [1.807, 2.05) is 43.3 Å². The van der Waals surface area contributed by atoms with Crippen LogP contribution in [0.1, 0.15) is 44.6 Å². The summed E-state index contributed by atoms with van der Waals surface area (Å²) < 4.78 is 28.3. The van der Waals surface area contributed by atoms with Crippen molar-refractivity contribution in [3.63, 3.8) is 0 Å². The number of anilines is 1. The molecule has 4 aromatic rings. The summed E-state index contributed by atoms with van der Waals surface area (Å²) in [5.74, 6) is 0.690. The second-order valence-corrected chi connectivity index (χ2v) is 9.95. The minimum absolute atomic E-state index is 0.116. The van der Waals surface area contributed by atoms with Crippen LogP contribution in [0.5, 0.6) is 0 Å². The minimum atomic E-state index is -3.85. The maximum atomic E-state index is 13.4. The summed E-state index contributed by atoms with van der Waals surface area (Å²) in [6.45, 7) is 2.03. The first-order valence-corrected chi connectivity index (χ1v) is 12.3. The average Bonchev–Trinajstić information content (AvgIpc) is 3.25. The van der Waals surface area contributed by atoms with Crippen LogP contribution in [0.4, 0.5) is 5.82 Å². The van der Waals surface area contributed by atoms with Gasteiger partial charge in [0.2, 0.25) is 14.9 Å². The first kappa shape index (κ1) is 19.9. The van der Waals surface area contributed by atoms with Gasteiger partial charge in [0.05, 0.1) is 10.4 Å². The lowest BCUT2D eigenvalue weighted by atomic mass is 9.95. The van der Waals surface area contributed by atoms with Gasteiger partial charge in [-0.15, -0.1) is 5.10 Å². The zero-order valence-corrected chi connectivity index (χ0v) is 18.3. The summed E-state index contributed by atoms with van der Waals surface area (Å²) in [7, 11) is -3.85. The van der Waals surface area contributed by atoms with Crippen LogP contribution in [0.2, 0.25) is 0 Å². The van der Waals surface area contributed by atoms with Crippen LogP contribution in [0.25, 0.3) is 16.6 Å². The van der Waals surface area contributed by atoms with E-state index in [0.29, 0.717) is 11.9 Å². The number of fused-ring (bicyclic) bond motifs is 3. The maximum Gasteiger partial charge on any atom is 0.229 e. The largest absolute Gasteiger partial charge is 0.367 e. The molecular formula is C23H25N5O2S. The lowest BCUT2D eigenvalue weighted by Gasteiger charge is -2.24. The number of sulfone groups is 1. The Hall–Kier alpha value is -3.00. The van der Waals surface area contributed by atoms with Crippen LogP contribution < -0.4 is 5.32 Å². The third kappa shape index (κ3) is 3.54. The van der Waals surface area contributed by atoms with Crippen molar-refractivity contribution in [2.24, 2.45) is 0 Å². The number of aryl methyl sites for hydroxylation is 1. The molecule has 8 heteroatoms. The summed E-state index contributed by atoms with van der Waals surface area (Å²) in [6.07, 6.45) is 6.68. The molecule has 0 radical (unpaired) electrons. The van der Waals surface area contributed by atoms with Gasteiger partial charge in [-0.05, 0) is 49.1 Å². The predicted octanol–water partition coefficient (Wildman–Crippen LogP) is 4.42. The first-order valence-electron chi connectivity index (χ1n) is 10.8. The van der Waals surface area contributed by atoms with Gasteiger partial charge in [-0.1, -0.05) is 55.7 Å². The fraction of sp³-hybridized carbons (Fsp3) is 0.348. The highest BCUT2D eigenvalue weighted by atomic mass is 32.2. The first-order chi connectivity index (χ1) is 15.1. The molecule has 5 rings (SSSR count). The average molecular weight is 436 g/mol.